The van der Waals surface area contributed by atoms with Crippen LogP contribution in [-0.2, 0) is 6.42 Å². The molecule has 78 valence electrons. The van der Waals surface area contributed by atoms with Gasteiger partial charge in [-0.1, -0.05) is 19.3 Å². The Bertz CT molecular complexity index is 258. The van der Waals surface area contributed by atoms with Crippen LogP contribution in [0.3, 0.4) is 0 Å². The van der Waals surface area contributed by atoms with Crippen LogP contribution >= 0.6 is 0 Å². The van der Waals surface area contributed by atoms with Crippen LogP contribution in [0.1, 0.15) is 37.7 Å². The molecule has 1 aromatic rings. The van der Waals surface area contributed by atoms with Gasteiger partial charge in [-0.25, -0.2) is 0 Å². The molecule has 2 heteroatoms. The van der Waals surface area contributed by atoms with Crippen molar-refractivity contribution in [1.82, 2.24) is 0 Å². The van der Waals surface area contributed by atoms with Crippen LogP contribution in [0.15, 0.2) is 23.0 Å². The summed E-state index contributed by atoms with van der Waals surface area (Å²) in [4.78, 5) is 0. The van der Waals surface area contributed by atoms with Crippen molar-refractivity contribution in [3.05, 3.63) is 24.2 Å². The minimum absolute atomic E-state index is 0.141. The van der Waals surface area contributed by atoms with Gasteiger partial charge >= 0.3 is 0 Å². The van der Waals surface area contributed by atoms with Crippen LogP contribution in [0.4, 0.5) is 0 Å². The predicted octanol–water partition coefficient (Wildman–Crippen LogP) is 2.76. The van der Waals surface area contributed by atoms with Gasteiger partial charge in [-0.15, -0.1) is 0 Å². The van der Waals surface area contributed by atoms with E-state index in [2.05, 4.69) is 0 Å². The molecule has 0 aromatic carbocycles. The molecular formula is C12H18O2. The van der Waals surface area contributed by atoms with E-state index in [1.807, 2.05) is 6.07 Å². The Balaban J connectivity index is 2.04. The fourth-order valence-corrected chi connectivity index (χ4v) is 2.52. The summed E-state index contributed by atoms with van der Waals surface area (Å²) in [6, 6.07) is 2.01. The lowest BCUT2D eigenvalue weighted by Gasteiger charge is -2.35. The van der Waals surface area contributed by atoms with Gasteiger partial charge in [0.1, 0.15) is 0 Å². The first-order valence-corrected chi connectivity index (χ1v) is 5.47. The van der Waals surface area contributed by atoms with Crippen LogP contribution in [0, 0.1) is 5.41 Å². The molecule has 0 atom stereocenters. The highest BCUT2D eigenvalue weighted by Crippen LogP contribution is 2.38. The zero-order valence-corrected chi connectivity index (χ0v) is 8.54. The zero-order chi connectivity index (χ0) is 9.86. The van der Waals surface area contributed by atoms with E-state index >= 15 is 0 Å². The van der Waals surface area contributed by atoms with E-state index in [4.69, 9.17) is 4.42 Å². The summed E-state index contributed by atoms with van der Waals surface area (Å²) >= 11 is 0. The monoisotopic (exact) mass is 194 g/mol. The standard InChI is InChI=1S/C12H18O2/c13-10-12(5-2-1-3-6-12)8-11-4-7-14-9-11/h4,7,9,13H,1-3,5-6,8,10H2. The van der Waals surface area contributed by atoms with Crippen LogP contribution in [0.2, 0.25) is 0 Å². The third kappa shape index (κ3) is 2.01. The minimum Gasteiger partial charge on any atom is -0.472 e. The lowest BCUT2D eigenvalue weighted by atomic mass is 9.71. The fourth-order valence-electron chi connectivity index (χ4n) is 2.52. The van der Waals surface area contributed by atoms with Gasteiger partial charge < -0.3 is 9.52 Å². The molecule has 0 aliphatic heterocycles. The molecule has 1 aliphatic carbocycles. The second kappa shape index (κ2) is 4.18. The fraction of sp³-hybridized carbons (Fsp3) is 0.667. The van der Waals surface area contributed by atoms with Crippen LogP contribution in [-0.4, -0.2) is 11.7 Å². The van der Waals surface area contributed by atoms with Crippen molar-refractivity contribution < 1.29 is 9.52 Å². The van der Waals surface area contributed by atoms with E-state index in [1.165, 1.54) is 24.8 Å². The average molecular weight is 194 g/mol. The van der Waals surface area contributed by atoms with Gasteiger partial charge in [0.25, 0.3) is 0 Å². The van der Waals surface area contributed by atoms with Crippen molar-refractivity contribution in [1.29, 1.82) is 0 Å². The van der Waals surface area contributed by atoms with Crippen molar-refractivity contribution in [2.45, 2.75) is 38.5 Å². The van der Waals surface area contributed by atoms with Gasteiger partial charge in [-0.2, -0.15) is 0 Å². The molecule has 0 unspecified atom stereocenters. The molecule has 0 spiro atoms. The Labute approximate surface area is 84.9 Å². The quantitative estimate of drug-likeness (QED) is 0.802. The van der Waals surface area contributed by atoms with Crippen molar-refractivity contribution >= 4 is 0 Å². The van der Waals surface area contributed by atoms with Gasteiger partial charge in [-0.3, -0.25) is 0 Å². The SMILES string of the molecule is OCC1(Cc2ccoc2)CCCCC1. The summed E-state index contributed by atoms with van der Waals surface area (Å²) < 4.78 is 5.06. The van der Waals surface area contributed by atoms with Crippen molar-refractivity contribution in [3.63, 3.8) is 0 Å². The Morgan fingerprint density at radius 3 is 2.64 bits per heavy atom. The van der Waals surface area contributed by atoms with Crippen LogP contribution < -0.4 is 0 Å². The highest BCUT2D eigenvalue weighted by molar-refractivity contribution is 5.09. The number of aliphatic hydroxyl groups excluding tert-OH is 1. The Hall–Kier alpha value is -0.760. The molecule has 1 saturated carbocycles. The number of hydrogen-bond donors (Lipinski definition) is 1. The summed E-state index contributed by atoms with van der Waals surface area (Å²) in [5.41, 5.74) is 1.36. The van der Waals surface area contributed by atoms with E-state index in [0.717, 1.165) is 19.3 Å². The maximum atomic E-state index is 9.51. The van der Waals surface area contributed by atoms with E-state index in [9.17, 15) is 5.11 Å². The molecule has 0 saturated heterocycles. The zero-order valence-electron chi connectivity index (χ0n) is 8.54. The second-order valence-electron chi connectivity index (χ2n) is 4.53. The molecule has 1 N–H and O–H groups in total. The lowest BCUT2D eigenvalue weighted by molar-refractivity contribution is 0.0822. The third-order valence-electron chi connectivity index (χ3n) is 3.41. The first kappa shape index (κ1) is 9.78. The molecule has 1 aliphatic rings. The van der Waals surface area contributed by atoms with Gasteiger partial charge in [0.2, 0.25) is 0 Å². The summed E-state index contributed by atoms with van der Waals surface area (Å²) in [5.74, 6) is 0. The van der Waals surface area contributed by atoms with E-state index < -0.39 is 0 Å². The summed E-state index contributed by atoms with van der Waals surface area (Å²) in [5, 5.41) is 9.51. The molecular weight excluding hydrogens is 176 g/mol. The maximum absolute atomic E-state index is 9.51. The third-order valence-corrected chi connectivity index (χ3v) is 3.41. The van der Waals surface area contributed by atoms with Gasteiger partial charge in [0.15, 0.2) is 0 Å². The largest absolute Gasteiger partial charge is 0.472 e. The average Bonchev–Trinajstić information content (AvgIpc) is 2.72. The molecule has 1 fully saturated rings. The molecule has 1 aromatic heterocycles. The highest BCUT2D eigenvalue weighted by atomic mass is 16.3. The Morgan fingerprint density at radius 1 is 1.29 bits per heavy atom. The van der Waals surface area contributed by atoms with Crippen LogP contribution in [0.5, 0.6) is 0 Å². The molecule has 2 nitrogen and oxygen atoms in total. The Morgan fingerprint density at radius 2 is 2.07 bits per heavy atom. The summed E-state index contributed by atoms with van der Waals surface area (Å²) in [6.07, 6.45) is 10.7. The molecule has 14 heavy (non-hydrogen) atoms. The van der Waals surface area contributed by atoms with Crippen LogP contribution in [0.25, 0.3) is 0 Å². The van der Waals surface area contributed by atoms with E-state index in [-0.39, 0.29) is 5.41 Å². The molecule has 0 bridgehead atoms. The normalized spacial score (nSPS) is 20.9. The van der Waals surface area contributed by atoms with Crippen molar-refractivity contribution in [2.75, 3.05) is 6.61 Å². The number of hydrogen-bond acceptors (Lipinski definition) is 2. The van der Waals surface area contributed by atoms with Gasteiger partial charge in [0, 0.05) is 6.61 Å². The minimum atomic E-state index is 0.141. The van der Waals surface area contributed by atoms with E-state index in [1.54, 1.807) is 12.5 Å². The molecule has 1 heterocycles. The maximum Gasteiger partial charge on any atom is 0.0934 e. The second-order valence-corrected chi connectivity index (χ2v) is 4.53. The molecule has 2 rings (SSSR count). The van der Waals surface area contributed by atoms with Gasteiger partial charge in [0.05, 0.1) is 12.5 Å². The smallest absolute Gasteiger partial charge is 0.0934 e. The Kier molecular flexibility index (Phi) is 2.92. The van der Waals surface area contributed by atoms with Crippen molar-refractivity contribution in [3.8, 4) is 0 Å². The lowest BCUT2D eigenvalue weighted by Crippen LogP contribution is -2.30. The van der Waals surface area contributed by atoms with E-state index in [0.29, 0.717) is 6.61 Å². The topological polar surface area (TPSA) is 33.4 Å². The molecule has 0 amide bonds. The number of rotatable bonds is 3. The number of furan rings is 1. The molecule has 0 radical (unpaired) electrons. The predicted molar refractivity (Wildman–Crippen MR) is 55.0 cm³/mol. The first-order chi connectivity index (χ1) is 6.85. The first-order valence-electron chi connectivity index (χ1n) is 5.47. The van der Waals surface area contributed by atoms with Gasteiger partial charge in [-0.05, 0) is 36.3 Å². The summed E-state index contributed by atoms with van der Waals surface area (Å²) in [7, 11) is 0. The number of aliphatic hydroxyl groups is 1. The highest BCUT2D eigenvalue weighted by Gasteiger charge is 2.31. The summed E-state index contributed by atoms with van der Waals surface area (Å²) in [6.45, 7) is 0.318. The van der Waals surface area contributed by atoms with Crippen molar-refractivity contribution in [2.24, 2.45) is 5.41 Å².